The van der Waals surface area contributed by atoms with E-state index in [4.69, 9.17) is 4.74 Å². The number of nitrogens with one attached hydrogen (secondary N) is 2. The van der Waals surface area contributed by atoms with Gasteiger partial charge in [0, 0.05) is 24.3 Å². The van der Waals surface area contributed by atoms with Gasteiger partial charge in [-0.15, -0.1) is 11.3 Å². The molecule has 3 atom stereocenters. The first-order chi connectivity index (χ1) is 11.1. The predicted octanol–water partition coefficient (Wildman–Crippen LogP) is 1.71. The van der Waals surface area contributed by atoms with E-state index in [0.717, 1.165) is 22.9 Å². The number of aromatic nitrogens is 1. The molecule has 0 aliphatic carbocycles. The lowest BCUT2D eigenvalue weighted by atomic mass is 9.95. The molecule has 2 aliphatic heterocycles. The number of fused-ring (bicyclic) bond motifs is 3. The third-order valence-electron chi connectivity index (χ3n) is 4.64. The summed E-state index contributed by atoms with van der Waals surface area (Å²) in [6.45, 7) is 0. The molecule has 4 rings (SSSR count). The monoisotopic (exact) mass is 331 g/mol. The molecule has 2 N–H and O–H groups in total. The van der Waals surface area contributed by atoms with Crippen LogP contribution in [0, 0.1) is 0 Å². The molecule has 120 valence electrons. The van der Waals surface area contributed by atoms with Crippen molar-refractivity contribution in [1.29, 1.82) is 0 Å². The van der Waals surface area contributed by atoms with E-state index < -0.39 is 0 Å². The van der Waals surface area contributed by atoms with Gasteiger partial charge in [-0.25, -0.2) is 9.78 Å². The normalized spacial score (nSPS) is 25.7. The maximum absolute atomic E-state index is 12.4. The highest BCUT2D eigenvalue weighted by Gasteiger charge is 2.39. The van der Waals surface area contributed by atoms with E-state index in [0.29, 0.717) is 22.7 Å². The fourth-order valence-electron chi connectivity index (χ4n) is 3.50. The quantitative estimate of drug-likeness (QED) is 0.837. The van der Waals surface area contributed by atoms with Crippen molar-refractivity contribution in [2.75, 3.05) is 7.11 Å². The smallest absolute Gasteiger partial charge is 0.348 e. The molecule has 0 unspecified atom stereocenters. The van der Waals surface area contributed by atoms with Gasteiger partial charge in [0.2, 0.25) is 0 Å². The predicted molar refractivity (Wildman–Crippen MR) is 86.8 cm³/mol. The average Bonchev–Trinajstić information content (AvgIpc) is 3.27. The molecule has 0 radical (unpaired) electrons. The lowest BCUT2D eigenvalue weighted by Gasteiger charge is -2.21. The molecule has 6 nitrogen and oxygen atoms in total. The van der Waals surface area contributed by atoms with Crippen molar-refractivity contribution in [3.63, 3.8) is 0 Å². The Morgan fingerprint density at radius 1 is 1.39 bits per heavy atom. The van der Waals surface area contributed by atoms with Gasteiger partial charge in [0.15, 0.2) is 0 Å². The van der Waals surface area contributed by atoms with Crippen LogP contribution in [0.3, 0.4) is 0 Å². The van der Waals surface area contributed by atoms with Gasteiger partial charge in [-0.3, -0.25) is 4.79 Å². The number of ether oxygens (including phenoxy) is 1. The van der Waals surface area contributed by atoms with E-state index in [2.05, 4.69) is 15.6 Å². The molecule has 2 aromatic rings. The molecule has 2 fully saturated rings. The SMILES string of the molecule is COC(=O)c1cc2cc(C(=O)N[C@@H]3C[C@H]4CC[C@@H]3N4)ncc2s1. The second-order valence-corrected chi connectivity index (χ2v) is 7.16. The minimum atomic E-state index is -0.370. The summed E-state index contributed by atoms with van der Waals surface area (Å²) in [7, 11) is 1.35. The van der Waals surface area contributed by atoms with Gasteiger partial charge in [0.25, 0.3) is 5.91 Å². The summed E-state index contributed by atoms with van der Waals surface area (Å²) in [6, 6.07) is 4.59. The summed E-state index contributed by atoms with van der Waals surface area (Å²) in [5.41, 5.74) is 0.384. The van der Waals surface area contributed by atoms with Crippen molar-refractivity contribution >= 4 is 33.3 Å². The van der Waals surface area contributed by atoms with E-state index in [1.807, 2.05) is 0 Å². The van der Waals surface area contributed by atoms with Crippen LogP contribution in [-0.2, 0) is 4.74 Å². The van der Waals surface area contributed by atoms with E-state index in [1.54, 1.807) is 18.3 Å². The lowest BCUT2D eigenvalue weighted by molar-refractivity contribution is 0.0606. The third kappa shape index (κ3) is 2.60. The number of esters is 1. The standard InChI is InChI=1S/C16H17N3O3S/c1-22-16(21)13-5-8-4-12(17-7-14(8)23-13)15(20)19-11-6-9-2-3-10(11)18-9/h4-5,7,9-11,18H,2-3,6H2,1H3,(H,19,20)/t9-,10+,11-/m1/s1. The fourth-order valence-corrected chi connectivity index (χ4v) is 4.43. The summed E-state index contributed by atoms with van der Waals surface area (Å²) >= 11 is 1.31. The average molecular weight is 331 g/mol. The number of pyridine rings is 1. The topological polar surface area (TPSA) is 80.3 Å². The van der Waals surface area contributed by atoms with Crippen LogP contribution in [0.4, 0.5) is 0 Å². The molecule has 2 bridgehead atoms. The van der Waals surface area contributed by atoms with Crippen LogP contribution in [0.5, 0.6) is 0 Å². The highest BCUT2D eigenvalue weighted by Crippen LogP contribution is 2.29. The van der Waals surface area contributed by atoms with Gasteiger partial charge in [-0.1, -0.05) is 0 Å². The van der Waals surface area contributed by atoms with Crippen LogP contribution in [-0.4, -0.2) is 42.1 Å². The number of carbonyl (C=O) groups excluding carboxylic acids is 2. The first-order valence-corrected chi connectivity index (χ1v) is 8.50. The zero-order chi connectivity index (χ0) is 16.0. The number of hydrogen-bond donors (Lipinski definition) is 2. The Morgan fingerprint density at radius 2 is 2.26 bits per heavy atom. The number of hydrogen-bond acceptors (Lipinski definition) is 6. The zero-order valence-corrected chi connectivity index (χ0v) is 13.5. The summed E-state index contributed by atoms with van der Waals surface area (Å²) in [4.78, 5) is 28.8. The molecule has 0 saturated carbocycles. The van der Waals surface area contributed by atoms with E-state index >= 15 is 0 Å². The molecule has 2 aromatic heterocycles. The zero-order valence-electron chi connectivity index (χ0n) is 12.7. The van der Waals surface area contributed by atoms with Crippen LogP contribution in [0.1, 0.15) is 39.4 Å². The van der Waals surface area contributed by atoms with E-state index in [1.165, 1.54) is 24.9 Å². The van der Waals surface area contributed by atoms with Gasteiger partial charge >= 0.3 is 5.97 Å². The summed E-state index contributed by atoms with van der Waals surface area (Å²) in [5.74, 6) is -0.526. The maximum atomic E-state index is 12.4. The minimum Gasteiger partial charge on any atom is -0.465 e. The number of thiophene rings is 1. The summed E-state index contributed by atoms with van der Waals surface area (Å²) < 4.78 is 5.59. The Labute approximate surface area is 137 Å². The van der Waals surface area contributed by atoms with Gasteiger partial charge in [0.1, 0.15) is 10.6 Å². The Morgan fingerprint density at radius 3 is 2.96 bits per heavy atom. The van der Waals surface area contributed by atoms with Crippen molar-refractivity contribution in [1.82, 2.24) is 15.6 Å². The Balaban J connectivity index is 1.54. The molecule has 2 saturated heterocycles. The van der Waals surface area contributed by atoms with Gasteiger partial charge in [-0.05, 0) is 36.8 Å². The van der Waals surface area contributed by atoms with Crippen LogP contribution in [0.2, 0.25) is 0 Å². The minimum absolute atomic E-state index is 0.155. The summed E-state index contributed by atoms with van der Waals surface area (Å²) in [6.07, 6.45) is 4.95. The Bertz CT molecular complexity index is 788. The van der Waals surface area contributed by atoms with Crippen molar-refractivity contribution in [3.8, 4) is 0 Å². The second kappa shape index (κ2) is 5.58. The van der Waals surface area contributed by atoms with Crippen LogP contribution in [0.15, 0.2) is 18.3 Å². The highest BCUT2D eigenvalue weighted by molar-refractivity contribution is 7.20. The molecular weight excluding hydrogens is 314 g/mol. The van der Waals surface area contributed by atoms with Gasteiger partial charge in [-0.2, -0.15) is 0 Å². The first-order valence-electron chi connectivity index (χ1n) is 7.69. The van der Waals surface area contributed by atoms with E-state index in [-0.39, 0.29) is 17.9 Å². The number of nitrogens with zero attached hydrogens (tertiary/aromatic N) is 1. The number of methoxy groups -OCH3 is 1. The number of rotatable bonds is 3. The van der Waals surface area contributed by atoms with Crippen molar-refractivity contribution < 1.29 is 14.3 Å². The molecule has 7 heteroatoms. The summed E-state index contributed by atoms with van der Waals surface area (Å²) in [5, 5.41) is 7.42. The fraction of sp³-hybridized carbons (Fsp3) is 0.438. The number of carbonyl (C=O) groups is 2. The number of amides is 1. The van der Waals surface area contributed by atoms with Crippen molar-refractivity contribution in [2.45, 2.75) is 37.4 Å². The van der Waals surface area contributed by atoms with Crippen molar-refractivity contribution in [3.05, 3.63) is 28.9 Å². The molecular formula is C16H17N3O3S. The Kier molecular flexibility index (Phi) is 3.54. The molecule has 4 heterocycles. The van der Waals surface area contributed by atoms with Crippen molar-refractivity contribution in [2.24, 2.45) is 0 Å². The molecule has 0 aromatic carbocycles. The van der Waals surface area contributed by atoms with Crippen LogP contribution < -0.4 is 10.6 Å². The van der Waals surface area contributed by atoms with E-state index in [9.17, 15) is 9.59 Å². The largest absolute Gasteiger partial charge is 0.465 e. The maximum Gasteiger partial charge on any atom is 0.348 e. The molecule has 0 spiro atoms. The first kappa shape index (κ1) is 14.6. The van der Waals surface area contributed by atoms with Crippen LogP contribution >= 0.6 is 11.3 Å². The highest BCUT2D eigenvalue weighted by atomic mass is 32.1. The van der Waals surface area contributed by atoms with Crippen LogP contribution in [0.25, 0.3) is 10.1 Å². The molecule has 2 aliphatic rings. The molecule has 23 heavy (non-hydrogen) atoms. The molecule has 1 amide bonds. The lowest BCUT2D eigenvalue weighted by Crippen LogP contribution is -2.43. The third-order valence-corrected chi connectivity index (χ3v) is 5.71. The second-order valence-electron chi connectivity index (χ2n) is 6.07. The Hall–Kier alpha value is -1.99. The van der Waals surface area contributed by atoms with Gasteiger partial charge in [0.05, 0.1) is 11.8 Å². The van der Waals surface area contributed by atoms with Gasteiger partial charge < -0.3 is 15.4 Å².